The first-order valence-corrected chi connectivity index (χ1v) is 12.8. The first-order chi connectivity index (χ1) is 13.6. The molecule has 0 fully saturated rings. The third kappa shape index (κ3) is 2.78. The molecule has 0 aliphatic carbocycles. The van der Waals surface area contributed by atoms with Gasteiger partial charge in [0.1, 0.15) is 8.07 Å². The van der Waals surface area contributed by atoms with Gasteiger partial charge in [-0.3, -0.25) is 0 Å². The van der Waals surface area contributed by atoms with Gasteiger partial charge in [-0.2, -0.15) is 0 Å². The second-order valence-electron chi connectivity index (χ2n) is 8.00. The molecule has 136 valence electrons. The van der Waals surface area contributed by atoms with E-state index in [-0.39, 0.29) is 0 Å². The van der Waals surface area contributed by atoms with Gasteiger partial charge in [0.25, 0.3) is 0 Å². The highest BCUT2D eigenvalue weighted by molar-refractivity contribution is 7.03. The number of rotatable bonds is 3. The van der Waals surface area contributed by atoms with Crippen LogP contribution in [0.3, 0.4) is 0 Å². The van der Waals surface area contributed by atoms with Crippen molar-refractivity contribution in [1.82, 2.24) is 0 Å². The van der Waals surface area contributed by atoms with E-state index in [1.807, 2.05) is 0 Å². The minimum Gasteiger partial charge on any atom is -0.356 e. The maximum atomic E-state index is 3.60. The summed E-state index contributed by atoms with van der Waals surface area (Å²) in [6, 6.07) is 35.0. The second-order valence-corrected chi connectivity index (χ2v) is 12.3. The normalized spacial score (nSPS) is 13.6. The molecule has 5 rings (SSSR count). The van der Waals surface area contributed by atoms with Gasteiger partial charge in [0.15, 0.2) is 0 Å². The Morgan fingerprint density at radius 2 is 1.14 bits per heavy atom. The minimum absolute atomic E-state index is 1.12. The maximum absolute atomic E-state index is 3.60. The number of fused-ring (bicyclic) bond motifs is 3. The van der Waals surface area contributed by atoms with Crippen LogP contribution in [0.2, 0.25) is 13.1 Å². The van der Waals surface area contributed by atoms with E-state index < -0.39 is 8.07 Å². The van der Waals surface area contributed by atoms with E-state index in [1.165, 1.54) is 33.1 Å². The van der Waals surface area contributed by atoms with Crippen molar-refractivity contribution in [2.45, 2.75) is 13.1 Å². The summed E-state index contributed by atoms with van der Waals surface area (Å²) in [5.41, 5.74) is 7.61. The molecular weight excluding hydrogens is 354 g/mol. The van der Waals surface area contributed by atoms with Crippen molar-refractivity contribution >= 4 is 29.8 Å². The van der Waals surface area contributed by atoms with Gasteiger partial charge in [-0.15, -0.1) is 0 Å². The Hall–Kier alpha value is -3.10. The predicted molar refractivity (Wildman–Crippen MR) is 124 cm³/mol. The van der Waals surface area contributed by atoms with Gasteiger partial charge in [0, 0.05) is 11.4 Å². The molecule has 0 atom stereocenters. The Bertz CT molecular complexity index is 1140. The summed E-state index contributed by atoms with van der Waals surface area (Å²) in [6.45, 7) is 4.91. The van der Waals surface area contributed by atoms with E-state index >= 15 is 0 Å². The molecule has 1 heterocycles. The molecule has 0 amide bonds. The van der Waals surface area contributed by atoms with E-state index in [4.69, 9.17) is 0 Å². The van der Waals surface area contributed by atoms with Gasteiger partial charge in [-0.25, -0.2) is 0 Å². The second kappa shape index (κ2) is 6.50. The van der Waals surface area contributed by atoms with Crippen LogP contribution in [0.1, 0.15) is 0 Å². The van der Waals surface area contributed by atoms with Gasteiger partial charge in [0.2, 0.25) is 0 Å². The molecule has 0 saturated carbocycles. The lowest BCUT2D eigenvalue weighted by atomic mass is 10.0. The SMILES string of the molecule is C[Si]1(C)c2ccccc2-c2ccc(Nc3ccc(-c4ccccc4)cc3)cc21. The van der Waals surface area contributed by atoms with Crippen molar-refractivity contribution in [3.63, 3.8) is 0 Å². The summed E-state index contributed by atoms with van der Waals surface area (Å²) in [7, 11) is -1.62. The van der Waals surface area contributed by atoms with Gasteiger partial charge < -0.3 is 5.32 Å². The van der Waals surface area contributed by atoms with Crippen molar-refractivity contribution in [2.24, 2.45) is 0 Å². The first-order valence-electron chi connectivity index (χ1n) is 9.80. The zero-order valence-corrected chi connectivity index (χ0v) is 17.2. The van der Waals surface area contributed by atoms with Gasteiger partial charge in [-0.05, 0) is 56.9 Å². The molecule has 0 unspecified atom stereocenters. The molecule has 0 saturated heterocycles. The number of hydrogen-bond acceptors (Lipinski definition) is 1. The predicted octanol–water partition coefficient (Wildman–Crippen LogP) is 5.90. The quantitative estimate of drug-likeness (QED) is 0.438. The Labute approximate surface area is 167 Å². The molecule has 0 aromatic heterocycles. The van der Waals surface area contributed by atoms with Crippen molar-refractivity contribution in [1.29, 1.82) is 0 Å². The number of nitrogens with one attached hydrogen (secondary N) is 1. The summed E-state index contributed by atoms with van der Waals surface area (Å²) in [5.74, 6) is 0. The van der Waals surface area contributed by atoms with E-state index in [1.54, 1.807) is 5.19 Å². The third-order valence-corrected chi connectivity index (χ3v) is 9.41. The Balaban J connectivity index is 1.44. The highest BCUT2D eigenvalue weighted by atomic mass is 28.3. The van der Waals surface area contributed by atoms with Crippen molar-refractivity contribution in [2.75, 3.05) is 5.32 Å². The Kier molecular flexibility index (Phi) is 3.95. The summed E-state index contributed by atoms with van der Waals surface area (Å²) >= 11 is 0. The fourth-order valence-electron chi connectivity index (χ4n) is 4.33. The molecule has 1 aliphatic rings. The number of hydrogen-bond donors (Lipinski definition) is 1. The lowest BCUT2D eigenvalue weighted by Gasteiger charge is -2.19. The maximum Gasteiger partial charge on any atom is 0.113 e. The molecular formula is C26H23NSi. The first kappa shape index (κ1) is 17.0. The number of benzene rings is 4. The zero-order valence-electron chi connectivity index (χ0n) is 16.2. The van der Waals surface area contributed by atoms with E-state index in [0.717, 1.165) is 5.69 Å². The van der Waals surface area contributed by atoms with Gasteiger partial charge >= 0.3 is 0 Å². The fraction of sp³-hybridized carbons (Fsp3) is 0.0769. The van der Waals surface area contributed by atoms with Crippen LogP contribution in [0.15, 0.2) is 97.1 Å². The average Bonchev–Trinajstić information content (AvgIpc) is 2.97. The van der Waals surface area contributed by atoms with Crippen LogP contribution in [-0.2, 0) is 0 Å². The summed E-state index contributed by atoms with van der Waals surface area (Å²) in [4.78, 5) is 0. The van der Waals surface area contributed by atoms with Gasteiger partial charge in [0.05, 0.1) is 0 Å². The molecule has 0 bridgehead atoms. The van der Waals surface area contributed by atoms with E-state index in [0.29, 0.717) is 0 Å². The summed E-state index contributed by atoms with van der Waals surface area (Å²) < 4.78 is 0. The molecule has 1 aliphatic heterocycles. The van der Waals surface area contributed by atoms with Crippen LogP contribution in [0, 0.1) is 0 Å². The molecule has 1 N–H and O–H groups in total. The Morgan fingerprint density at radius 3 is 1.93 bits per heavy atom. The third-order valence-electron chi connectivity index (χ3n) is 5.86. The molecule has 2 heteroatoms. The van der Waals surface area contributed by atoms with Crippen LogP contribution in [0.4, 0.5) is 11.4 Å². The molecule has 4 aromatic carbocycles. The Morgan fingerprint density at radius 1 is 0.536 bits per heavy atom. The van der Waals surface area contributed by atoms with Gasteiger partial charge in [-0.1, -0.05) is 85.9 Å². The fourth-order valence-corrected chi connectivity index (χ4v) is 7.43. The molecule has 0 radical (unpaired) electrons. The minimum atomic E-state index is -1.62. The topological polar surface area (TPSA) is 12.0 Å². The van der Waals surface area contributed by atoms with Crippen LogP contribution >= 0.6 is 0 Å². The molecule has 1 nitrogen and oxygen atoms in total. The van der Waals surface area contributed by atoms with Crippen molar-refractivity contribution < 1.29 is 0 Å². The van der Waals surface area contributed by atoms with Crippen LogP contribution < -0.4 is 15.7 Å². The lowest BCUT2D eigenvalue weighted by Crippen LogP contribution is -2.49. The largest absolute Gasteiger partial charge is 0.356 e. The lowest BCUT2D eigenvalue weighted by molar-refractivity contribution is 1.55. The van der Waals surface area contributed by atoms with E-state index in [2.05, 4.69) is 115 Å². The van der Waals surface area contributed by atoms with Crippen LogP contribution in [0.5, 0.6) is 0 Å². The molecule has 0 spiro atoms. The van der Waals surface area contributed by atoms with Crippen molar-refractivity contribution in [3.8, 4) is 22.3 Å². The molecule has 28 heavy (non-hydrogen) atoms. The zero-order chi connectivity index (χ0) is 19.1. The summed E-state index contributed by atoms with van der Waals surface area (Å²) in [5, 5.41) is 6.68. The van der Waals surface area contributed by atoms with Crippen LogP contribution in [0.25, 0.3) is 22.3 Å². The average molecular weight is 378 g/mol. The smallest absolute Gasteiger partial charge is 0.113 e. The highest BCUT2D eigenvalue weighted by Gasteiger charge is 2.37. The monoisotopic (exact) mass is 377 g/mol. The summed E-state index contributed by atoms with van der Waals surface area (Å²) in [6.07, 6.45) is 0. The van der Waals surface area contributed by atoms with E-state index in [9.17, 15) is 0 Å². The standard InChI is InChI=1S/C26H23NSi/c1-28(2)25-11-7-6-10-23(25)24-17-16-22(18-26(24)28)27-21-14-12-20(13-15-21)19-8-4-3-5-9-19/h3-18,27H,1-2H3. The van der Waals surface area contributed by atoms with Crippen LogP contribution in [-0.4, -0.2) is 8.07 Å². The number of anilines is 2. The molecule has 4 aromatic rings. The highest BCUT2D eigenvalue weighted by Crippen LogP contribution is 2.30. The van der Waals surface area contributed by atoms with Crippen molar-refractivity contribution in [3.05, 3.63) is 97.1 Å².